The number of rotatable bonds is 4. The average Bonchev–Trinajstić information content (AvgIpc) is 2.37. The fourth-order valence-electron chi connectivity index (χ4n) is 1.10. The Kier molecular flexibility index (Phi) is 4.53. The van der Waals surface area contributed by atoms with Gasteiger partial charge in [-0.15, -0.1) is 0 Å². The lowest BCUT2D eigenvalue weighted by atomic mass is 10.2. The molecule has 0 aliphatic carbocycles. The molecule has 0 heterocycles. The van der Waals surface area contributed by atoms with E-state index < -0.39 is 34.9 Å². The number of carbonyl (C=O) groups excluding carboxylic acids is 2. The second-order valence-electron chi connectivity index (χ2n) is 4.10. The van der Waals surface area contributed by atoms with Crippen LogP contribution >= 0.6 is 0 Å². The molecule has 0 spiro atoms. The molecule has 0 atom stereocenters. The van der Waals surface area contributed by atoms with Crippen molar-refractivity contribution >= 4 is 11.9 Å². The zero-order valence-electron chi connectivity index (χ0n) is 11.1. The molecule has 1 rings (SSSR count). The molecule has 6 heteroatoms. The molecule has 6 nitrogen and oxygen atoms in total. The Bertz CT molecular complexity index is 547. The molecular formula is C14H14O6. The summed E-state index contributed by atoms with van der Waals surface area (Å²) in [6.45, 7) is 9.57. The van der Waals surface area contributed by atoms with Gasteiger partial charge in [0, 0.05) is 11.1 Å². The van der Waals surface area contributed by atoms with E-state index in [1.54, 1.807) is 0 Å². The predicted octanol–water partition coefficient (Wildman–Crippen LogP) is 2.06. The van der Waals surface area contributed by atoms with Crippen LogP contribution in [-0.2, 0) is 9.59 Å². The molecule has 1 aromatic carbocycles. The van der Waals surface area contributed by atoms with Crippen molar-refractivity contribution in [3.05, 3.63) is 36.4 Å². The van der Waals surface area contributed by atoms with Gasteiger partial charge in [-0.2, -0.15) is 0 Å². The number of ether oxygens (including phenoxy) is 2. The topological polar surface area (TPSA) is 93.1 Å². The van der Waals surface area contributed by atoms with Gasteiger partial charge in [0.15, 0.2) is 11.5 Å². The second kappa shape index (κ2) is 5.92. The van der Waals surface area contributed by atoms with Crippen LogP contribution < -0.4 is 9.47 Å². The highest BCUT2D eigenvalue weighted by atomic mass is 16.6. The Morgan fingerprint density at radius 2 is 1.20 bits per heavy atom. The summed E-state index contributed by atoms with van der Waals surface area (Å²) in [6, 6.07) is 2.18. The number of phenols is 2. The smallest absolute Gasteiger partial charge is 0.338 e. The third kappa shape index (κ3) is 3.38. The maximum absolute atomic E-state index is 11.5. The Morgan fingerprint density at radius 1 is 0.900 bits per heavy atom. The summed E-state index contributed by atoms with van der Waals surface area (Å²) in [5.41, 5.74) is 0.148. The molecule has 0 unspecified atom stereocenters. The molecule has 0 aliphatic rings. The molecule has 0 aromatic heterocycles. The Labute approximate surface area is 115 Å². The summed E-state index contributed by atoms with van der Waals surface area (Å²) in [4.78, 5) is 23.0. The van der Waals surface area contributed by atoms with E-state index in [1.165, 1.54) is 13.8 Å². The van der Waals surface area contributed by atoms with Crippen molar-refractivity contribution in [2.75, 3.05) is 0 Å². The number of carbonyl (C=O) groups is 2. The van der Waals surface area contributed by atoms with Crippen LogP contribution in [0.5, 0.6) is 23.0 Å². The van der Waals surface area contributed by atoms with E-state index in [0.717, 1.165) is 12.1 Å². The second-order valence-corrected chi connectivity index (χ2v) is 4.10. The zero-order chi connectivity index (χ0) is 15.4. The Balaban J connectivity index is 3.24. The van der Waals surface area contributed by atoms with Gasteiger partial charge >= 0.3 is 11.9 Å². The van der Waals surface area contributed by atoms with Gasteiger partial charge in [-0.3, -0.25) is 0 Å². The maximum atomic E-state index is 11.5. The fraction of sp³-hybridized carbons (Fsp3) is 0.143. The van der Waals surface area contributed by atoms with E-state index in [2.05, 4.69) is 13.2 Å². The first-order valence-electron chi connectivity index (χ1n) is 5.54. The van der Waals surface area contributed by atoms with Crippen molar-refractivity contribution in [3.8, 4) is 23.0 Å². The minimum atomic E-state index is -0.835. The molecule has 106 valence electrons. The number of aromatic hydroxyl groups is 2. The minimum absolute atomic E-state index is 0.0740. The molecule has 0 saturated carbocycles. The Hall–Kier alpha value is -2.76. The third-order valence-corrected chi connectivity index (χ3v) is 2.16. The van der Waals surface area contributed by atoms with E-state index in [-0.39, 0.29) is 11.1 Å². The molecule has 0 fully saturated rings. The van der Waals surface area contributed by atoms with Crippen LogP contribution in [0.4, 0.5) is 0 Å². The first-order valence-corrected chi connectivity index (χ1v) is 5.54. The largest absolute Gasteiger partial charge is 0.504 e. The maximum Gasteiger partial charge on any atom is 0.338 e. The predicted molar refractivity (Wildman–Crippen MR) is 70.7 cm³/mol. The molecule has 20 heavy (non-hydrogen) atoms. The molecule has 2 N–H and O–H groups in total. The van der Waals surface area contributed by atoms with Gasteiger partial charge in [-0.05, 0) is 26.0 Å². The summed E-state index contributed by atoms with van der Waals surface area (Å²) in [5, 5.41) is 19.3. The lowest BCUT2D eigenvalue weighted by molar-refractivity contribution is -0.132. The van der Waals surface area contributed by atoms with Crippen LogP contribution in [0.2, 0.25) is 0 Å². The number of phenolic OH excluding ortho intramolecular Hbond substituents is 2. The van der Waals surface area contributed by atoms with Crippen LogP contribution in [0, 0.1) is 0 Å². The van der Waals surface area contributed by atoms with Crippen LogP contribution in [0.1, 0.15) is 13.8 Å². The monoisotopic (exact) mass is 278 g/mol. The molecular weight excluding hydrogens is 264 g/mol. The quantitative estimate of drug-likeness (QED) is 0.379. The number of hydrogen-bond acceptors (Lipinski definition) is 6. The van der Waals surface area contributed by atoms with E-state index in [9.17, 15) is 19.8 Å². The average molecular weight is 278 g/mol. The summed E-state index contributed by atoms with van der Waals surface area (Å²) in [5.74, 6) is -3.54. The normalized spacial score (nSPS) is 9.70. The summed E-state index contributed by atoms with van der Waals surface area (Å²) >= 11 is 0. The summed E-state index contributed by atoms with van der Waals surface area (Å²) < 4.78 is 9.69. The highest BCUT2D eigenvalue weighted by molar-refractivity contribution is 5.92. The molecule has 0 aliphatic heterocycles. The van der Waals surface area contributed by atoms with Gasteiger partial charge in [-0.25, -0.2) is 9.59 Å². The fourth-order valence-corrected chi connectivity index (χ4v) is 1.10. The number of hydrogen-bond donors (Lipinski definition) is 2. The molecule has 0 amide bonds. The van der Waals surface area contributed by atoms with Crippen molar-refractivity contribution in [1.82, 2.24) is 0 Å². The van der Waals surface area contributed by atoms with Crippen LogP contribution in [0.15, 0.2) is 36.4 Å². The van der Waals surface area contributed by atoms with Gasteiger partial charge in [0.2, 0.25) is 11.5 Å². The SMILES string of the molecule is C=C(C)C(=O)Oc1c(O)ccc(O)c1OC(=O)C(=C)C. The molecule has 0 saturated heterocycles. The first-order chi connectivity index (χ1) is 9.23. The number of benzene rings is 1. The van der Waals surface area contributed by atoms with Gasteiger partial charge in [0.05, 0.1) is 0 Å². The van der Waals surface area contributed by atoms with Crippen LogP contribution in [0.3, 0.4) is 0 Å². The van der Waals surface area contributed by atoms with Crippen molar-refractivity contribution in [3.63, 3.8) is 0 Å². The summed E-state index contributed by atoms with van der Waals surface area (Å²) in [6.07, 6.45) is 0. The molecule has 0 radical (unpaired) electrons. The first kappa shape index (κ1) is 15.3. The highest BCUT2D eigenvalue weighted by Crippen LogP contribution is 2.43. The third-order valence-electron chi connectivity index (χ3n) is 2.16. The van der Waals surface area contributed by atoms with E-state index in [0.29, 0.717) is 0 Å². The highest BCUT2D eigenvalue weighted by Gasteiger charge is 2.22. The van der Waals surface area contributed by atoms with Crippen LogP contribution in [0.25, 0.3) is 0 Å². The minimum Gasteiger partial charge on any atom is -0.504 e. The standard InChI is InChI=1S/C14H14O6/c1-7(2)13(17)19-11-9(15)5-6-10(16)12(11)20-14(18)8(3)4/h5-6,15-16H,1,3H2,2,4H3. The number of esters is 2. The van der Waals surface area contributed by atoms with Crippen LogP contribution in [-0.4, -0.2) is 22.2 Å². The van der Waals surface area contributed by atoms with Crippen molar-refractivity contribution in [2.24, 2.45) is 0 Å². The van der Waals surface area contributed by atoms with Gasteiger partial charge in [0.25, 0.3) is 0 Å². The van der Waals surface area contributed by atoms with E-state index in [4.69, 9.17) is 9.47 Å². The lowest BCUT2D eigenvalue weighted by Gasteiger charge is -2.13. The zero-order valence-corrected chi connectivity index (χ0v) is 11.1. The molecule has 0 bridgehead atoms. The van der Waals surface area contributed by atoms with Gasteiger partial charge < -0.3 is 19.7 Å². The van der Waals surface area contributed by atoms with Crippen molar-refractivity contribution < 1.29 is 29.3 Å². The van der Waals surface area contributed by atoms with Crippen molar-refractivity contribution in [2.45, 2.75) is 13.8 Å². The molecule has 1 aromatic rings. The van der Waals surface area contributed by atoms with Gasteiger partial charge in [-0.1, -0.05) is 13.2 Å². The lowest BCUT2D eigenvalue weighted by Crippen LogP contribution is -2.13. The van der Waals surface area contributed by atoms with E-state index >= 15 is 0 Å². The summed E-state index contributed by atoms with van der Waals surface area (Å²) in [7, 11) is 0. The van der Waals surface area contributed by atoms with Gasteiger partial charge in [0.1, 0.15) is 0 Å². The Morgan fingerprint density at radius 3 is 1.45 bits per heavy atom. The van der Waals surface area contributed by atoms with Crippen molar-refractivity contribution in [1.29, 1.82) is 0 Å². The van der Waals surface area contributed by atoms with E-state index in [1.807, 2.05) is 0 Å².